The number of hydrogen-bond donors (Lipinski definition) is 0. The van der Waals surface area contributed by atoms with E-state index in [-0.39, 0.29) is 5.82 Å². The fraction of sp³-hybridized carbons (Fsp3) is 0.529. The zero-order valence-corrected chi connectivity index (χ0v) is 13.0. The Morgan fingerprint density at radius 2 is 1.76 bits per heavy atom. The molecule has 21 heavy (non-hydrogen) atoms. The first-order chi connectivity index (χ1) is 10.2. The molecule has 0 saturated carbocycles. The number of hydrogen-bond acceptors (Lipinski definition) is 2. The van der Waals surface area contributed by atoms with Crippen molar-refractivity contribution in [2.45, 2.75) is 58.9 Å². The molecule has 3 nitrogen and oxygen atoms in total. The highest BCUT2D eigenvalue weighted by molar-refractivity contribution is 5.54. The molecule has 0 spiro atoms. The Kier molecular flexibility index (Phi) is 5.90. The van der Waals surface area contributed by atoms with Gasteiger partial charge in [0.25, 0.3) is 0 Å². The van der Waals surface area contributed by atoms with Crippen molar-refractivity contribution >= 4 is 0 Å². The van der Waals surface area contributed by atoms with Crippen LogP contribution in [-0.4, -0.2) is 14.8 Å². The molecule has 1 aromatic carbocycles. The molecular formula is C17H24FN3. The largest absolute Gasteiger partial charge is 0.249 e. The minimum Gasteiger partial charge on any atom is -0.249 e. The Morgan fingerprint density at radius 1 is 1.00 bits per heavy atom. The van der Waals surface area contributed by atoms with Crippen LogP contribution < -0.4 is 0 Å². The summed E-state index contributed by atoms with van der Waals surface area (Å²) in [4.78, 5) is 4.63. The summed E-state index contributed by atoms with van der Waals surface area (Å²) in [6, 6.07) is 6.39. The highest BCUT2D eigenvalue weighted by Crippen LogP contribution is 2.17. The zero-order chi connectivity index (χ0) is 15.1. The molecule has 0 amide bonds. The highest BCUT2D eigenvalue weighted by atomic mass is 19.1. The maximum absolute atomic E-state index is 13.0. The molecule has 114 valence electrons. The fourth-order valence-corrected chi connectivity index (χ4v) is 2.37. The van der Waals surface area contributed by atoms with E-state index in [1.54, 1.807) is 12.1 Å². The van der Waals surface area contributed by atoms with Crippen molar-refractivity contribution in [2.24, 2.45) is 0 Å². The molecule has 0 atom stereocenters. The first-order valence-electron chi connectivity index (χ1n) is 7.94. The monoisotopic (exact) mass is 289 g/mol. The molecule has 2 aromatic rings. The van der Waals surface area contributed by atoms with Crippen molar-refractivity contribution in [3.8, 4) is 11.4 Å². The van der Waals surface area contributed by atoms with E-state index >= 15 is 0 Å². The van der Waals surface area contributed by atoms with Crippen molar-refractivity contribution in [1.29, 1.82) is 0 Å². The summed E-state index contributed by atoms with van der Waals surface area (Å²) < 4.78 is 15.0. The standard InChI is InChI=1S/C17H24FN3/c1-3-5-6-7-13-21-16(8-4-2)19-17(20-21)14-9-11-15(18)12-10-14/h9-12H,3-8,13H2,1-2H3. The van der Waals surface area contributed by atoms with Crippen LogP contribution in [0.3, 0.4) is 0 Å². The number of nitrogens with zero attached hydrogens (tertiary/aromatic N) is 3. The third-order valence-electron chi connectivity index (χ3n) is 3.55. The van der Waals surface area contributed by atoms with Gasteiger partial charge in [0.05, 0.1) is 0 Å². The summed E-state index contributed by atoms with van der Waals surface area (Å²) in [5, 5.41) is 4.61. The molecule has 2 rings (SSSR count). The number of aromatic nitrogens is 3. The second-order valence-corrected chi connectivity index (χ2v) is 5.39. The third-order valence-corrected chi connectivity index (χ3v) is 3.55. The smallest absolute Gasteiger partial charge is 0.181 e. The Hall–Kier alpha value is -1.71. The Labute approximate surface area is 126 Å². The van der Waals surface area contributed by atoms with Gasteiger partial charge in [-0.2, -0.15) is 5.10 Å². The van der Waals surface area contributed by atoms with Crippen molar-refractivity contribution < 1.29 is 4.39 Å². The number of unbranched alkanes of at least 4 members (excludes halogenated alkanes) is 3. The lowest BCUT2D eigenvalue weighted by molar-refractivity contribution is 0.519. The number of halogens is 1. The quantitative estimate of drug-likeness (QED) is 0.664. The van der Waals surface area contributed by atoms with Crippen LogP contribution in [0, 0.1) is 5.82 Å². The van der Waals surface area contributed by atoms with Gasteiger partial charge >= 0.3 is 0 Å². The van der Waals surface area contributed by atoms with Gasteiger partial charge in [-0.25, -0.2) is 14.1 Å². The maximum Gasteiger partial charge on any atom is 0.181 e. The van der Waals surface area contributed by atoms with Crippen LogP contribution in [-0.2, 0) is 13.0 Å². The predicted octanol–water partition coefficient (Wildman–Crippen LogP) is 4.62. The molecule has 0 unspecified atom stereocenters. The molecule has 0 N–H and O–H groups in total. The minimum absolute atomic E-state index is 0.230. The highest BCUT2D eigenvalue weighted by Gasteiger charge is 2.10. The van der Waals surface area contributed by atoms with E-state index in [0.29, 0.717) is 5.82 Å². The van der Waals surface area contributed by atoms with E-state index in [9.17, 15) is 4.39 Å². The van der Waals surface area contributed by atoms with Crippen molar-refractivity contribution in [2.75, 3.05) is 0 Å². The van der Waals surface area contributed by atoms with Gasteiger partial charge in [0.15, 0.2) is 5.82 Å². The van der Waals surface area contributed by atoms with Crippen LogP contribution >= 0.6 is 0 Å². The Balaban J connectivity index is 2.13. The summed E-state index contributed by atoms with van der Waals surface area (Å²) in [5.41, 5.74) is 0.876. The first-order valence-corrected chi connectivity index (χ1v) is 7.94. The van der Waals surface area contributed by atoms with Crippen LogP contribution in [0.2, 0.25) is 0 Å². The van der Waals surface area contributed by atoms with Crippen molar-refractivity contribution in [3.05, 3.63) is 35.9 Å². The summed E-state index contributed by atoms with van der Waals surface area (Å²) in [6.45, 7) is 5.28. The van der Waals surface area contributed by atoms with E-state index in [1.165, 1.54) is 31.4 Å². The normalized spacial score (nSPS) is 11.0. The Morgan fingerprint density at radius 3 is 2.43 bits per heavy atom. The predicted molar refractivity (Wildman–Crippen MR) is 83.6 cm³/mol. The fourth-order valence-electron chi connectivity index (χ4n) is 2.37. The number of benzene rings is 1. The third kappa shape index (κ3) is 4.38. The molecule has 1 aromatic heterocycles. The van der Waals surface area contributed by atoms with Gasteiger partial charge in [-0.05, 0) is 37.1 Å². The molecule has 0 fully saturated rings. The van der Waals surface area contributed by atoms with Crippen LogP contribution in [0.4, 0.5) is 4.39 Å². The maximum atomic E-state index is 13.0. The van der Waals surface area contributed by atoms with E-state index < -0.39 is 0 Å². The van der Waals surface area contributed by atoms with Gasteiger partial charge in [0.2, 0.25) is 0 Å². The second kappa shape index (κ2) is 7.91. The topological polar surface area (TPSA) is 30.7 Å². The van der Waals surface area contributed by atoms with Crippen molar-refractivity contribution in [3.63, 3.8) is 0 Å². The van der Waals surface area contributed by atoms with Gasteiger partial charge in [-0.3, -0.25) is 0 Å². The minimum atomic E-state index is -0.230. The average molecular weight is 289 g/mol. The molecule has 0 bridgehead atoms. The summed E-state index contributed by atoms with van der Waals surface area (Å²) in [5.74, 6) is 1.51. The molecular weight excluding hydrogens is 265 g/mol. The Bertz CT molecular complexity index is 546. The molecule has 4 heteroatoms. The van der Waals surface area contributed by atoms with Crippen LogP contribution in [0.5, 0.6) is 0 Å². The number of rotatable bonds is 8. The molecule has 0 aliphatic rings. The molecule has 0 saturated heterocycles. The molecule has 0 radical (unpaired) electrons. The molecule has 1 heterocycles. The lowest BCUT2D eigenvalue weighted by atomic mass is 10.2. The van der Waals surface area contributed by atoms with Gasteiger partial charge in [0, 0.05) is 18.5 Å². The average Bonchev–Trinajstić information content (AvgIpc) is 2.88. The van der Waals surface area contributed by atoms with E-state index in [1.807, 2.05) is 4.68 Å². The second-order valence-electron chi connectivity index (χ2n) is 5.39. The lowest BCUT2D eigenvalue weighted by Gasteiger charge is -2.04. The summed E-state index contributed by atoms with van der Waals surface area (Å²) in [7, 11) is 0. The van der Waals surface area contributed by atoms with Crippen molar-refractivity contribution in [1.82, 2.24) is 14.8 Å². The van der Waals surface area contributed by atoms with Crippen LogP contribution in [0.1, 0.15) is 51.8 Å². The molecule has 0 aliphatic carbocycles. The van der Waals surface area contributed by atoms with Gasteiger partial charge in [-0.1, -0.05) is 33.1 Å². The van der Waals surface area contributed by atoms with Gasteiger partial charge in [-0.15, -0.1) is 0 Å². The zero-order valence-electron chi connectivity index (χ0n) is 13.0. The summed E-state index contributed by atoms with van der Waals surface area (Å²) in [6.07, 6.45) is 6.85. The molecule has 0 aliphatic heterocycles. The first kappa shape index (κ1) is 15.7. The van der Waals surface area contributed by atoms with E-state index in [0.717, 1.165) is 37.2 Å². The summed E-state index contributed by atoms with van der Waals surface area (Å²) >= 11 is 0. The lowest BCUT2D eigenvalue weighted by Crippen LogP contribution is -2.05. The van der Waals surface area contributed by atoms with Gasteiger partial charge in [0.1, 0.15) is 11.6 Å². The van der Waals surface area contributed by atoms with Crippen LogP contribution in [0.25, 0.3) is 11.4 Å². The van der Waals surface area contributed by atoms with Crippen LogP contribution in [0.15, 0.2) is 24.3 Å². The SMILES string of the molecule is CCCCCCn1nc(-c2ccc(F)cc2)nc1CCC. The van der Waals surface area contributed by atoms with Gasteiger partial charge < -0.3 is 0 Å². The number of aryl methyl sites for hydroxylation is 2. The van der Waals surface area contributed by atoms with E-state index in [4.69, 9.17) is 0 Å². The van der Waals surface area contributed by atoms with E-state index in [2.05, 4.69) is 23.9 Å².